The molecule has 0 aliphatic heterocycles. The molecule has 5 heteroatoms. The van der Waals surface area contributed by atoms with Crippen molar-refractivity contribution in [2.24, 2.45) is 0 Å². The Morgan fingerprint density at radius 2 is 2.27 bits per heavy atom. The summed E-state index contributed by atoms with van der Waals surface area (Å²) in [6.07, 6.45) is 0.400. The first-order valence-electron chi connectivity index (χ1n) is 3.94. The zero-order valence-electron chi connectivity index (χ0n) is 7.85. The van der Waals surface area contributed by atoms with E-state index in [9.17, 15) is 14.7 Å². The van der Waals surface area contributed by atoms with E-state index in [1.54, 1.807) is 6.07 Å². The standard InChI is InChI=1S/C10H7NO4/c1-15-10(14)8-3-9(13)7(5-12)2-6(8)4-11/h2-3,5,13H,1H3. The molecule has 0 fully saturated rings. The molecule has 0 aromatic heterocycles. The van der Waals surface area contributed by atoms with Crippen LogP contribution in [0.5, 0.6) is 5.75 Å². The molecule has 0 saturated carbocycles. The lowest BCUT2D eigenvalue weighted by Crippen LogP contribution is -2.04. The molecule has 0 spiro atoms. The van der Waals surface area contributed by atoms with Gasteiger partial charge in [0.1, 0.15) is 11.8 Å². The number of nitriles is 1. The Balaban J connectivity index is 3.41. The number of carbonyl (C=O) groups excluding carboxylic acids is 2. The number of hydrogen-bond donors (Lipinski definition) is 1. The largest absolute Gasteiger partial charge is 0.507 e. The van der Waals surface area contributed by atoms with Crippen molar-refractivity contribution in [2.45, 2.75) is 0 Å². The van der Waals surface area contributed by atoms with Crippen LogP contribution in [0.25, 0.3) is 0 Å². The predicted molar refractivity (Wildman–Crippen MR) is 49.5 cm³/mol. The van der Waals surface area contributed by atoms with Crippen LogP contribution in [0.15, 0.2) is 12.1 Å². The van der Waals surface area contributed by atoms with Gasteiger partial charge in [-0.05, 0) is 12.1 Å². The lowest BCUT2D eigenvalue weighted by molar-refractivity contribution is 0.0599. The number of esters is 1. The molecule has 0 aliphatic carbocycles. The maximum atomic E-state index is 11.2. The van der Waals surface area contributed by atoms with Gasteiger partial charge in [-0.15, -0.1) is 0 Å². The Hall–Kier alpha value is -2.35. The molecule has 76 valence electrons. The molecule has 0 saturated heterocycles. The van der Waals surface area contributed by atoms with Crippen LogP contribution in [-0.2, 0) is 4.74 Å². The van der Waals surface area contributed by atoms with Crippen LogP contribution < -0.4 is 0 Å². The number of ether oxygens (including phenoxy) is 1. The summed E-state index contributed by atoms with van der Waals surface area (Å²) in [5.41, 5.74) is -0.121. The number of carbonyl (C=O) groups is 2. The van der Waals surface area contributed by atoms with Gasteiger partial charge in [0.15, 0.2) is 6.29 Å². The zero-order valence-corrected chi connectivity index (χ0v) is 7.85. The quantitative estimate of drug-likeness (QED) is 0.571. The Bertz CT molecular complexity index is 459. The number of methoxy groups -OCH3 is 1. The molecular weight excluding hydrogens is 198 g/mol. The average molecular weight is 205 g/mol. The van der Waals surface area contributed by atoms with Gasteiger partial charge in [0, 0.05) is 0 Å². The van der Waals surface area contributed by atoms with E-state index < -0.39 is 5.97 Å². The summed E-state index contributed by atoms with van der Waals surface area (Å²) < 4.78 is 4.42. The van der Waals surface area contributed by atoms with Crippen molar-refractivity contribution in [3.8, 4) is 11.8 Å². The second kappa shape index (κ2) is 4.24. The Morgan fingerprint density at radius 1 is 1.60 bits per heavy atom. The third kappa shape index (κ3) is 1.94. The molecule has 1 rings (SSSR count). The average Bonchev–Trinajstić information content (AvgIpc) is 2.27. The summed E-state index contributed by atoms with van der Waals surface area (Å²) in [5, 5.41) is 18.0. The summed E-state index contributed by atoms with van der Waals surface area (Å²) in [6, 6.07) is 3.91. The van der Waals surface area contributed by atoms with Crippen LogP contribution in [0.1, 0.15) is 26.3 Å². The van der Waals surface area contributed by atoms with Crippen LogP contribution in [0, 0.1) is 11.3 Å². The first kappa shape index (κ1) is 10.7. The fraction of sp³-hybridized carbons (Fsp3) is 0.100. The molecule has 1 N–H and O–H groups in total. The number of benzene rings is 1. The lowest BCUT2D eigenvalue weighted by atomic mass is 10.0. The molecule has 0 bridgehead atoms. The number of aldehydes is 1. The van der Waals surface area contributed by atoms with Gasteiger partial charge in [0.2, 0.25) is 0 Å². The second-order valence-corrected chi connectivity index (χ2v) is 2.68. The van der Waals surface area contributed by atoms with Crippen molar-refractivity contribution < 1.29 is 19.4 Å². The maximum Gasteiger partial charge on any atom is 0.339 e. The molecule has 0 radical (unpaired) electrons. The van der Waals surface area contributed by atoms with Gasteiger partial charge < -0.3 is 9.84 Å². The molecular formula is C10H7NO4. The van der Waals surface area contributed by atoms with Crippen LogP contribution in [-0.4, -0.2) is 24.5 Å². The van der Waals surface area contributed by atoms with E-state index in [-0.39, 0.29) is 22.4 Å². The smallest absolute Gasteiger partial charge is 0.339 e. The third-order valence-corrected chi connectivity index (χ3v) is 1.82. The summed E-state index contributed by atoms with van der Waals surface area (Å²) >= 11 is 0. The van der Waals surface area contributed by atoms with Crippen LogP contribution in [0.3, 0.4) is 0 Å². The summed E-state index contributed by atoms with van der Waals surface area (Å²) in [4.78, 5) is 21.6. The van der Waals surface area contributed by atoms with Crippen molar-refractivity contribution in [3.05, 3.63) is 28.8 Å². The highest BCUT2D eigenvalue weighted by Gasteiger charge is 2.15. The molecule has 5 nitrogen and oxygen atoms in total. The van der Waals surface area contributed by atoms with Crippen molar-refractivity contribution >= 4 is 12.3 Å². The maximum absolute atomic E-state index is 11.2. The molecule has 0 atom stereocenters. The number of nitrogens with zero attached hydrogens (tertiary/aromatic N) is 1. The van der Waals surface area contributed by atoms with Crippen molar-refractivity contribution in [1.82, 2.24) is 0 Å². The van der Waals surface area contributed by atoms with E-state index in [1.165, 1.54) is 0 Å². The third-order valence-electron chi connectivity index (χ3n) is 1.82. The van der Waals surface area contributed by atoms with Gasteiger partial charge in [0.05, 0.1) is 23.8 Å². The number of aromatic hydroxyl groups is 1. The first-order chi connectivity index (χ1) is 7.13. The monoisotopic (exact) mass is 205 g/mol. The number of phenols is 1. The molecule has 0 aliphatic rings. The van der Waals surface area contributed by atoms with Gasteiger partial charge in [-0.25, -0.2) is 4.79 Å². The molecule has 0 heterocycles. The van der Waals surface area contributed by atoms with Gasteiger partial charge in [0.25, 0.3) is 0 Å². The van der Waals surface area contributed by atoms with Crippen molar-refractivity contribution in [1.29, 1.82) is 5.26 Å². The topological polar surface area (TPSA) is 87.4 Å². The summed E-state index contributed by atoms with van der Waals surface area (Å²) in [6.45, 7) is 0. The van der Waals surface area contributed by atoms with Gasteiger partial charge in [-0.1, -0.05) is 0 Å². The van der Waals surface area contributed by atoms with E-state index in [0.717, 1.165) is 19.2 Å². The van der Waals surface area contributed by atoms with Crippen LogP contribution >= 0.6 is 0 Å². The highest BCUT2D eigenvalue weighted by atomic mass is 16.5. The molecule has 0 unspecified atom stereocenters. The van der Waals surface area contributed by atoms with Crippen LogP contribution in [0.2, 0.25) is 0 Å². The lowest BCUT2D eigenvalue weighted by Gasteiger charge is -2.04. The molecule has 1 aromatic rings. The molecule has 1 aromatic carbocycles. The fourth-order valence-electron chi connectivity index (χ4n) is 1.07. The minimum absolute atomic E-state index is 0.0123. The Morgan fingerprint density at radius 3 is 2.73 bits per heavy atom. The Labute approximate surface area is 85.5 Å². The minimum Gasteiger partial charge on any atom is -0.507 e. The SMILES string of the molecule is COC(=O)c1cc(O)c(C=O)cc1C#N. The number of rotatable bonds is 2. The second-order valence-electron chi connectivity index (χ2n) is 2.68. The van der Waals surface area contributed by atoms with Crippen molar-refractivity contribution in [2.75, 3.05) is 7.11 Å². The normalized spacial score (nSPS) is 9.07. The summed E-state index contributed by atoms with van der Waals surface area (Å²) in [7, 11) is 1.16. The van der Waals surface area contributed by atoms with Gasteiger partial charge >= 0.3 is 5.97 Å². The van der Waals surface area contributed by atoms with Gasteiger partial charge in [-0.2, -0.15) is 5.26 Å². The fourth-order valence-corrected chi connectivity index (χ4v) is 1.07. The number of phenolic OH excluding ortho intramolecular Hbond substituents is 1. The van der Waals surface area contributed by atoms with E-state index >= 15 is 0 Å². The Kier molecular flexibility index (Phi) is 3.03. The van der Waals surface area contributed by atoms with Crippen LogP contribution in [0.4, 0.5) is 0 Å². The number of hydrogen-bond acceptors (Lipinski definition) is 5. The van der Waals surface area contributed by atoms with E-state index in [2.05, 4.69) is 4.74 Å². The zero-order chi connectivity index (χ0) is 11.4. The van der Waals surface area contributed by atoms with E-state index in [4.69, 9.17) is 5.26 Å². The van der Waals surface area contributed by atoms with Gasteiger partial charge in [-0.3, -0.25) is 4.79 Å². The minimum atomic E-state index is -0.737. The highest BCUT2D eigenvalue weighted by Crippen LogP contribution is 2.21. The molecule has 0 amide bonds. The molecule has 15 heavy (non-hydrogen) atoms. The predicted octanol–water partition coefficient (Wildman–Crippen LogP) is 0.863. The first-order valence-corrected chi connectivity index (χ1v) is 3.94. The highest BCUT2D eigenvalue weighted by molar-refractivity contribution is 5.94. The summed E-state index contributed by atoms with van der Waals surface area (Å²) in [5.74, 6) is -1.09. The van der Waals surface area contributed by atoms with Crippen molar-refractivity contribution in [3.63, 3.8) is 0 Å². The van der Waals surface area contributed by atoms with E-state index in [1.807, 2.05) is 0 Å². The van der Waals surface area contributed by atoms with E-state index in [0.29, 0.717) is 6.29 Å².